The predicted octanol–water partition coefficient (Wildman–Crippen LogP) is 4.51. The van der Waals surface area contributed by atoms with Gasteiger partial charge in [-0.05, 0) is 53.9 Å². The monoisotopic (exact) mass is 506 g/mol. The first-order valence-electron chi connectivity index (χ1n) is 11.4. The number of hydrogen-bond acceptors (Lipinski definition) is 6. The first kappa shape index (κ1) is 23.4. The van der Waals surface area contributed by atoms with Gasteiger partial charge in [0, 0.05) is 25.0 Å². The van der Waals surface area contributed by atoms with Crippen LogP contribution in [0.4, 0.5) is 5.69 Å². The van der Waals surface area contributed by atoms with Crippen molar-refractivity contribution < 1.29 is 13.2 Å². The summed E-state index contributed by atoms with van der Waals surface area (Å²) in [6.45, 7) is 2.67. The fraction of sp³-hybridized carbons (Fsp3) is 0.231. The van der Waals surface area contributed by atoms with Gasteiger partial charge in [0.1, 0.15) is 0 Å². The molecular weight excluding hydrogens is 480 g/mol. The summed E-state index contributed by atoms with van der Waals surface area (Å²) in [6.07, 6.45) is 1.00. The molecule has 180 valence electrons. The minimum absolute atomic E-state index is 0.160. The van der Waals surface area contributed by atoms with Crippen molar-refractivity contribution in [2.45, 2.75) is 24.3 Å². The number of sulfonamides is 1. The Morgan fingerprint density at radius 3 is 2.54 bits per heavy atom. The summed E-state index contributed by atoms with van der Waals surface area (Å²) in [4.78, 5) is 19.8. The average Bonchev–Trinajstić information content (AvgIpc) is 2.87. The van der Waals surface area contributed by atoms with Gasteiger partial charge in [0.2, 0.25) is 0 Å². The van der Waals surface area contributed by atoms with Crippen LogP contribution in [0.5, 0.6) is 0 Å². The van der Waals surface area contributed by atoms with E-state index in [0.717, 1.165) is 40.2 Å². The van der Waals surface area contributed by atoms with Gasteiger partial charge in [0.15, 0.2) is 5.17 Å². The maximum absolute atomic E-state index is 13.0. The van der Waals surface area contributed by atoms with E-state index in [2.05, 4.69) is 19.9 Å². The molecule has 0 aliphatic carbocycles. The average molecular weight is 507 g/mol. The van der Waals surface area contributed by atoms with Crippen LogP contribution < -0.4 is 10.0 Å². The van der Waals surface area contributed by atoms with E-state index in [1.165, 1.54) is 0 Å². The summed E-state index contributed by atoms with van der Waals surface area (Å²) in [6, 6.07) is 19.7. The zero-order valence-corrected chi connectivity index (χ0v) is 21.1. The molecular formula is C26H26N4O3S2. The van der Waals surface area contributed by atoms with Gasteiger partial charge in [-0.15, -0.1) is 0 Å². The first-order chi connectivity index (χ1) is 16.9. The lowest BCUT2D eigenvalue weighted by Crippen LogP contribution is -2.43. The number of nitrogens with zero attached hydrogens (tertiary/aromatic N) is 2. The second-order valence-corrected chi connectivity index (χ2v) is 11.3. The van der Waals surface area contributed by atoms with E-state index in [0.29, 0.717) is 17.0 Å². The first-order valence-corrected chi connectivity index (χ1v) is 13.9. The standard InChI is InChI=1S/C26H26N4O3S2/c1-17-23(25(31)27-2)24(30-14-5-15-34-26(30)28-17)19-8-11-21(12-9-19)29-35(32,33)22-13-10-18-6-3-4-7-20(18)16-22/h3-4,6-13,16,24,29H,5,14-15H2,1-2H3,(H,27,31). The summed E-state index contributed by atoms with van der Waals surface area (Å²) in [7, 11) is -2.14. The molecule has 0 spiro atoms. The number of hydrogen-bond donors (Lipinski definition) is 2. The number of allylic oxidation sites excluding steroid dienone is 1. The van der Waals surface area contributed by atoms with Crippen molar-refractivity contribution in [1.29, 1.82) is 0 Å². The SMILES string of the molecule is CNC(=O)C1=C(C)N=C2SCCCN2C1c1ccc(NS(=O)(=O)c2ccc3ccccc3c2)cc1. The van der Waals surface area contributed by atoms with Crippen LogP contribution >= 0.6 is 11.8 Å². The normalized spacial score (nSPS) is 18.2. The number of likely N-dealkylation sites (N-methyl/N-ethyl adjacent to an activating group) is 1. The molecule has 0 saturated carbocycles. The van der Waals surface area contributed by atoms with Gasteiger partial charge in [-0.1, -0.05) is 54.2 Å². The molecule has 1 atom stereocenters. The van der Waals surface area contributed by atoms with Gasteiger partial charge >= 0.3 is 0 Å². The third kappa shape index (κ3) is 4.53. The van der Waals surface area contributed by atoms with E-state index in [-0.39, 0.29) is 16.8 Å². The van der Waals surface area contributed by atoms with E-state index in [4.69, 9.17) is 0 Å². The smallest absolute Gasteiger partial charge is 0.261 e. The van der Waals surface area contributed by atoms with Crippen LogP contribution in [0.3, 0.4) is 0 Å². The zero-order valence-electron chi connectivity index (χ0n) is 19.5. The van der Waals surface area contributed by atoms with Gasteiger partial charge in [-0.2, -0.15) is 0 Å². The van der Waals surface area contributed by atoms with Gasteiger partial charge in [0.25, 0.3) is 15.9 Å². The Morgan fingerprint density at radius 1 is 1.06 bits per heavy atom. The molecule has 2 heterocycles. The number of amides is 1. The quantitative estimate of drug-likeness (QED) is 0.531. The van der Waals surface area contributed by atoms with E-state index in [9.17, 15) is 13.2 Å². The molecule has 2 aliphatic heterocycles. The Labute approximate surface area is 209 Å². The van der Waals surface area contributed by atoms with Crippen molar-refractivity contribution in [1.82, 2.24) is 10.2 Å². The number of amidine groups is 1. The predicted molar refractivity (Wildman–Crippen MR) is 142 cm³/mol. The Morgan fingerprint density at radius 2 is 1.80 bits per heavy atom. The van der Waals surface area contributed by atoms with Crippen LogP contribution in [0.2, 0.25) is 0 Å². The molecule has 0 radical (unpaired) electrons. The highest BCUT2D eigenvalue weighted by Crippen LogP contribution is 2.39. The highest BCUT2D eigenvalue weighted by molar-refractivity contribution is 8.13. The molecule has 35 heavy (non-hydrogen) atoms. The van der Waals surface area contributed by atoms with Crippen LogP contribution in [-0.2, 0) is 14.8 Å². The minimum Gasteiger partial charge on any atom is -0.355 e. The Bertz CT molecular complexity index is 1460. The Hall–Kier alpha value is -3.30. The third-order valence-corrected chi connectivity index (χ3v) is 8.70. The van der Waals surface area contributed by atoms with Crippen LogP contribution in [-0.4, -0.2) is 43.7 Å². The van der Waals surface area contributed by atoms with Gasteiger partial charge in [-0.3, -0.25) is 9.52 Å². The van der Waals surface area contributed by atoms with Crippen LogP contribution in [0, 0.1) is 0 Å². The lowest BCUT2D eigenvalue weighted by molar-refractivity contribution is -0.117. The number of fused-ring (bicyclic) bond motifs is 2. The van der Waals surface area contributed by atoms with Gasteiger partial charge in [0.05, 0.1) is 22.2 Å². The van der Waals surface area contributed by atoms with Crippen molar-refractivity contribution in [2.75, 3.05) is 24.1 Å². The van der Waals surface area contributed by atoms with Gasteiger partial charge < -0.3 is 10.2 Å². The van der Waals surface area contributed by atoms with Crippen molar-refractivity contribution in [3.8, 4) is 0 Å². The molecule has 5 rings (SSSR count). The molecule has 1 saturated heterocycles. The summed E-state index contributed by atoms with van der Waals surface area (Å²) in [5.41, 5.74) is 2.69. The molecule has 3 aromatic rings. The molecule has 3 aromatic carbocycles. The topological polar surface area (TPSA) is 90.9 Å². The van der Waals surface area contributed by atoms with Crippen molar-refractivity contribution in [3.05, 3.63) is 83.6 Å². The number of aliphatic imine (C=N–C) groups is 1. The zero-order chi connectivity index (χ0) is 24.6. The highest BCUT2D eigenvalue weighted by Gasteiger charge is 2.36. The maximum atomic E-state index is 13.0. The molecule has 0 aromatic heterocycles. The molecule has 2 N–H and O–H groups in total. The fourth-order valence-corrected chi connectivity index (χ4v) is 6.64. The molecule has 0 bridgehead atoms. The summed E-state index contributed by atoms with van der Waals surface area (Å²) in [5.74, 6) is 0.840. The van der Waals surface area contributed by atoms with Crippen molar-refractivity contribution in [2.24, 2.45) is 4.99 Å². The lowest BCUT2D eigenvalue weighted by atomic mass is 9.93. The molecule has 1 amide bonds. The van der Waals surface area contributed by atoms with Crippen molar-refractivity contribution >= 4 is 49.3 Å². The Balaban J connectivity index is 1.44. The van der Waals surface area contributed by atoms with E-state index >= 15 is 0 Å². The van der Waals surface area contributed by atoms with E-state index in [1.807, 2.05) is 43.3 Å². The van der Waals surface area contributed by atoms with Crippen LogP contribution in [0.25, 0.3) is 10.8 Å². The molecule has 1 unspecified atom stereocenters. The summed E-state index contributed by atoms with van der Waals surface area (Å²) < 4.78 is 28.8. The number of anilines is 1. The van der Waals surface area contributed by atoms with Crippen LogP contribution in [0.15, 0.2) is 87.9 Å². The molecule has 2 aliphatic rings. The molecule has 7 nitrogen and oxygen atoms in total. The minimum atomic E-state index is -3.75. The number of rotatable bonds is 5. The summed E-state index contributed by atoms with van der Waals surface area (Å²) >= 11 is 1.70. The second-order valence-electron chi connectivity index (χ2n) is 8.51. The largest absolute Gasteiger partial charge is 0.355 e. The lowest BCUT2D eigenvalue weighted by Gasteiger charge is -2.40. The number of nitrogens with one attached hydrogen (secondary N) is 2. The van der Waals surface area contributed by atoms with Crippen LogP contribution in [0.1, 0.15) is 24.9 Å². The third-order valence-electron chi connectivity index (χ3n) is 6.24. The number of carbonyl (C=O) groups excluding carboxylic acids is 1. The van der Waals surface area contributed by atoms with Gasteiger partial charge in [-0.25, -0.2) is 13.4 Å². The highest BCUT2D eigenvalue weighted by atomic mass is 32.2. The fourth-order valence-electron chi connectivity index (χ4n) is 4.52. The second kappa shape index (κ2) is 9.39. The molecule has 9 heteroatoms. The number of thioether (sulfide) groups is 1. The van der Waals surface area contributed by atoms with E-state index < -0.39 is 10.0 Å². The van der Waals surface area contributed by atoms with E-state index in [1.54, 1.807) is 49.1 Å². The van der Waals surface area contributed by atoms with Crippen molar-refractivity contribution in [3.63, 3.8) is 0 Å². The summed E-state index contributed by atoms with van der Waals surface area (Å²) in [5, 5.41) is 5.51. The number of carbonyl (C=O) groups is 1. The Kier molecular flexibility index (Phi) is 6.29. The maximum Gasteiger partial charge on any atom is 0.261 e. The number of benzene rings is 3. The molecule has 1 fully saturated rings.